The Morgan fingerprint density at radius 1 is 1.12 bits per heavy atom. The maximum absolute atomic E-state index is 13.6. The van der Waals surface area contributed by atoms with E-state index in [2.05, 4.69) is 23.6 Å². The molecule has 2 saturated carbocycles. The lowest BCUT2D eigenvalue weighted by Crippen LogP contribution is -2.53. The minimum absolute atomic E-state index is 0.0720. The lowest BCUT2D eigenvalue weighted by molar-refractivity contribution is -0.127. The number of amides is 2. The molecule has 2 N–H and O–H groups in total. The predicted octanol–water partition coefficient (Wildman–Crippen LogP) is 4.07. The number of nitrogens with zero attached hydrogens (tertiary/aromatic N) is 1. The Morgan fingerprint density at radius 2 is 1.85 bits per heavy atom. The molecule has 9 heteroatoms. The number of ether oxygens (including phenoxy) is 3. The molecule has 2 saturated heterocycles. The van der Waals surface area contributed by atoms with E-state index in [1.807, 2.05) is 6.92 Å². The number of benzene rings is 1. The zero-order valence-corrected chi connectivity index (χ0v) is 23.8. The fourth-order valence-electron chi connectivity index (χ4n) is 6.91. The molecule has 0 spiro atoms. The third-order valence-electron chi connectivity index (χ3n) is 9.97. The van der Waals surface area contributed by atoms with Gasteiger partial charge in [0, 0.05) is 18.0 Å². The zero-order chi connectivity index (χ0) is 28.5. The second-order valence-electron chi connectivity index (χ2n) is 12.5. The van der Waals surface area contributed by atoms with Gasteiger partial charge < -0.3 is 29.6 Å². The van der Waals surface area contributed by atoms with Gasteiger partial charge in [-0.2, -0.15) is 5.26 Å². The third kappa shape index (κ3) is 5.43. The largest absolute Gasteiger partial charge is 0.496 e. The van der Waals surface area contributed by atoms with Crippen molar-refractivity contribution in [1.29, 1.82) is 5.26 Å². The van der Waals surface area contributed by atoms with Gasteiger partial charge >= 0.3 is 0 Å². The minimum Gasteiger partial charge on any atom is -0.496 e. The summed E-state index contributed by atoms with van der Waals surface area (Å²) in [6.07, 6.45) is 9.15. The Balaban J connectivity index is 1.31. The molecule has 0 aromatic heterocycles. The van der Waals surface area contributed by atoms with Crippen molar-refractivity contribution in [3.05, 3.63) is 23.3 Å². The highest BCUT2D eigenvalue weighted by molar-refractivity contribution is 5.98. The highest BCUT2D eigenvalue weighted by Gasteiger charge is 2.53. The molecule has 4 fully saturated rings. The smallest absolute Gasteiger partial charge is 0.255 e. The number of methoxy groups -OCH3 is 1. The highest BCUT2D eigenvalue weighted by atomic mass is 16.5. The summed E-state index contributed by atoms with van der Waals surface area (Å²) in [5, 5.41) is 16.0. The van der Waals surface area contributed by atoms with Crippen LogP contribution in [0, 0.1) is 28.1 Å². The number of hydrogen-bond acceptors (Lipinski definition) is 7. The number of rotatable bonds is 10. The van der Waals surface area contributed by atoms with Crippen LogP contribution < -0.4 is 20.1 Å². The Morgan fingerprint density at radius 3 is 2.45 bits per heavy atom. The van der Waals surface area contributed by atoms with Crippen LogP contribution >= 0.6 is 0 Å². The molecule has 2 aliphatic carbocycles. The molecule has 9 nitrogen and oxygen atoms in total. The van der Waals surface area contributed by atoms with Crippen molar-refractivity contribution in [2.24, 2.45) is 16.7 Å². The summed E-state index contributed by atoms with van der Waals surface area (Å²) in [5.41, 5.74) is 0.375. The van der Waals surface area contributed by atoms with Crippen LogP contribution in [0.1, 0.15) is 94.0 Å². The quantitative estimate of drug-likeness (QED) is 0.420. The van der Waals surface area contributed by atoms with Crippen LogP contribution in [0.5, 0.6) is 11.5 Å². The van der Waals surface area contributed by atoms with Crippen LogP contribution in [-0.4, -0.2) is 56.1 Å². The Bertz CT molecular complexity index is 1180. The van der Waals surface area contributed by atoms with E-state index in [-0.39, 0.29) is 51.9 Å². The maximum atomic E-state index is 13.6. The summed E-state index contributed by atoms with van der Waals surface area (Å²) < 4.78 is 17.8. The zero-order valence-electron chi connectivity index (χ0n) is 23.8. The Hall–Kier alpha value is -3.12. The lowest BCUT2D eigenvalue weighted by atomic mass is 9.70. The molecule has 2 aliphatic heterocycles. The average molecular weight is 552 g/mol. The first-order valence-electron chi connectivity index (χ1n) is 14.7. The van der Waals surface area contributed by atoms with E-state index in [1.54, 1.807) is 6.07 Å². The molecule has 216 valence electrons. The fraction of sp³-hybridized carbons (Fsp3) is 0.677. The summed E-state index contributed by atoms with van der Waals surface area (Å²) in [6.45, 7) is 4.86. The SMILES string of the molecule is CCC1(C=O)CCC(Oc2cc(C(=O)N[C@@H]3[C@H](C(=O)NCC4(C)CCC4)[C@@H]4CC[C@H]3O4)c(OC)cc2C#N)CC1. The fourth-order valence-corrected chi connectivity index (χ4v) is 6.91. The van der Waals surface area contributed by atoms with E-state index in [0.717, 1.165) is 51.2 Å². The van der Waals surface area contributed by atoms with Crippen molar-refractivity contribution in [2.45, 2.75) is 102 Å². The first-order valence-corrected chi connectivity index (χ1v) is 14.7. The van der Waals surface area contributed by atoms with Crippen molar-refractivity contribution in [3.63, 3.8) is 0 Å². The van der Waals surface area contributed by atoms with Gasteiger partial charge in [0.2, 0.25) is 5.91 Å². The third-order valence-corrected chi connectivity index (χ3v) is 9.97. The maximum Gasteiger partial charge on any atom is 0.255 e. The molecule has 0 unspecified atom stereocenters. The lowest BCUT2D eigenvalue weighted by Gasteiger charge is -2.39. The number of carbonyl (C=O) groups excluding carboxylic acids is 3. The summed E-state index contributed by atoms with van der Waals surface area (Å²) in [6, 6.07) is 4.79. The monoisotopic (exact) mass is 551 g/mol. The van der Waals surface area contributed by atoms with Crippen molar-refractivity contribution < 1.29 is 28.6 Å². The molecule has 5 rings (SSSR count). The number of fused-ring (bicyclic) bond motifs is 2. The van der Waals surface area contributed by atoms with E-state index in [0.29, 0.717) is 25.1 Å². The number of carbonyl (C=O) groups is 3. The molecule has 2 amide bonds. The number of nitrogens with one attached hydrogen (secondary N) is 2. The van der Waals surface area contributed by atoms with Crippen LogP contribution in [-0.2, 0) is 14.3 Å². The van der Waals surface area contributed by atoms with Gasteiger partial charge in [-0.05, 0) is 69.3 Å². The topological polar surface area (TPSA) is 127 Å². The summed E-state index contributed by atoms with van der Waals surface area (Å²) in [7, 11) is 1.45. The first-order chi connectivity index (χ1) is 19.2. The normalized spacial score (nSPS) is 31.9. The molecule has 1 aromatic carbocycles. The number of hydrogen-bond donors (Lipinski definition) is 2. The van der Waals surface area contributed by atoms with Crippen LogP contribution in [0.2, 0.25) is 0 Å². The number of nitriles is 1. The van der Waals surface area contributed by atoms with Gasteiger partial charge in [-0.15, -0.1) is 0 Å². The summed E-state index contributed by atoms with van der Waals surface area (Å²) >= 11 is 0. The summed E-state index contributed by atoms with van der Waals surface area (Å²) in [5.74, 6) is -0.340. The van der Waals surface area contributed by atoms with E-state index in [1.165, 1.54) is 19.6 Å². The standard InChI is InChI=1S/C31H41N3O6/c1-4-31(18-35)12-8-20(9-13-31)39-24-15-21(25(38-3)14-19(24)16-32)28(36)34-27-23-7-6-22(40-23)26(27)29(37)33-17-30(2)10-5-11-30/h14-15,18,20,22-23,26-27H,4-13,17H2,1-3H3,(H,33,37)(H,34,36)/t20?,22-,23+,26+,27-,31?/m0/s1. The van der Waals surface area contributed by atoms with E-state index < -0.39 is 17.9 Å². The predicted molar refractivity (Wildman–Crippen MR) is 147 cm³/mol. The molecular weight excluding hydrogens is 510 g/mol. The van der Waals surface area contributed by atoms with Gasteiger partial charge in [-0.25, -0.2) is 0 Å². The van der Waals surface area contributed by atoms with Gasteiger partial charge in [-0.3, -0.25) is 9.59 Å². The van der Waals surface area contributed by atoms with Gasteiger partial charge in [0.05, 0.1) is 48.5 Å². The second kappa shape index (κ2) is 11.4. The van der Waals surface area contributed by atoms with Crippen molar-refractivity contribution in [2.75, 3.05) is 13.7 Å². The highest BCUT2D eigenvalue weighted by Crippen LogP contribution is 2.42. The Kier molecular flexibility index (Phi) is 8.10. The minimum atomic E-state index is -0.453. The van der Waals surface area contributed by atoms with E-state index >= 15 is 0 Å². The Labute approximate surface area is 236 Å². The molecule has 4 atom stereocenters. The van der Waals surface area contributed by atoms with E-state index in [9.17, 15) is 19.6 Å². The number of aldehydes is 1. The molecule has 40 heavy (non-hydrogen) atoms. The van der Waals surface area contributed by atoms with Crippen molar-refractivity contribution in [1.82, 2.24) is 10.6 Å². The summed E-state index contributed by atoms with van der Waals surface area (Å²) in [4.78, 5) is 38.6. The molecule has 1 aromatic rings. The first kappa shape index (κ1) is 28.4. The van der Waals surface area contributed by atoms with Crippen LogP contribution in [0.25, 0.3) is 0 Å². The van der Waals surface area contributed by atoms with Crippen LogP contribution in [0.4, 0.5) is 0 Å². The van der Waals surface area contributed by atoms with Gasteiger partial charge in [-0.1, -0.05) is 20.3 Å². The van der Waals surface area contributed by atoms with Crippen molar-refractivity contribution in [3.8, 4) is 17.6 Å². The van der Waals surface area contributed by atoms with Crippen LogP contribution in [0.3, 0.4) is 0 Å². The van der Waals surface area contributed by atoms with Crippen LogP contribution in [0.15, 0.2) is 12.1 Å². The second-order valence-corrected chi connectivity index (χ2v) is 12.5. The van der Waals surface area contributed by atoms with E-state index in [4.69, 9.17) is 14.2 Å². The van der Waals surface area contributed by atoms with Gasteiger partial charge in [0.15, 0.2) is 0 Å². The molecule has 0 radical (unpaired) electrons. The van der Waals surface area contributed by atoms with Gasteiger partial charge in [0.1, 0.15) is 23.9 Å². The van der Waals surface area contributed by atoms with Crippen molar-refractivity contribution >= 4 is 18.1 Å². The molecule has 2 heterocycles. The molecular formula is C31H41N3O6. The van der Waals surface area contributed by atoms with Gasteiger partial charge in [0.25, 0.3) is 5.91 Å². The molecule has 2 bridgehead atoms. The average Bonchev–Trinajstić information content (AvgIpc) is 3.57. The molecule has 4 aliphatic rings.